The van der Waals surface area contributed by atoms with Crippen LogP contribution in [0.3, 0.4) is 0 Å². The second kappa shape index (κ2) is 3.30. The lowest BCUT2D eigenvalue weighted by Crippen LogP contribution is -2.31. The highest BCUT2D eigenvalue weighted by atomic mass is 16.2. The molecular formula is C8H11N3O2. The minimum absolute atomic E-state index is 0.150. The zero-order valence-corrected chi connectivity index (χ0v) is 7.33. The molecule has 0 saturated heterocycles. The molecule has 1 aromatic heterocycles. The maximum absolute atomic E-state index is 11.2. The molecule has 70 valence electrons. The lowest BCUT2D eigenvalue weighted by molar-refractivity contribution is 0.724. The lowest BCUT2D eigenvalue weighted by Gasteiger charge is -2.06. The first-order chi connectivity index (χ1) is 6.00. The number of nitrogen functional groups attached to an aromatic ring is 1. The van der Waals surface area contributed by atoms with E-state index in [2.05, 4.69) is 11.6 Å². The van der Waals surface area contributed by atoms with Crippen molar-refractivity contribution < 1.29 is 0 Å². The summed E-state index contributed by atoms with van der Waals surface area (Å²) in [6.45, 7) is 5.74. The van der Waals surface area contributed by atoms with E-state index in [-0.39, 0.29) is 5.82 Å². The summed E-state index contributed by atoms with van der Waals surface area (Å²) in [5.41, 5.74) is 5.27. The molecule has 0 amide bonds. The van der Waals surface area contributed by atoms with Gasteiger partial charge in [0.15, 0.2) is 0 Å². The van der Waals surface area contributed by atoms with Gasteiger partial charge in [0.2, 0.25) is 0 Å². The first-order valence-corrected chi connectivity index (χ1v) is 3.74. The average Bonchev–Trinajstić information content (AvgIpc) is 1.96. The molecule has 0 aliphatic carbocycles. The molecule has 0 aliphatic rings. The Hall–Kier alpha value is -1.78. The topological polar surface area (TPSA) is 80.9 Å². The van der Waals surface area contributed by atoms with E-state index < -0.39 is 11.2 Å². The van der Waals surface area contributed by atoms with Crippen molar-refractivity contribution in [2.75, 3.05) is 5.73 Å². The number of hydrogen-bond acceptors (Lipinski definition) is 3. The fourth-order valence-corrected chi connectivity index (χ4v) is 0.971. The van der Waals surface area contributed by atoms with E-state index in [1.165, 1.54) is 10.6 Å². The second-order valence-corrected chi connectivity index (χ2v) is 2.91. The van der Waals surface area contributed by atoms with Gasteiger partial charge in [0.25, 0.3) is 5.56 Å². The Labute approximate surface area is 74.5 Å². The van der Waals surface area contributed by atoms with Crippen molar-refractivity contribution in [1.82, 2.24) is 9.55 Å². The summed E-state index contributed by atoms with van der Waals surface area (Å²) in [5.74, 6) is 0.150. The molecule has 0 bridgehead atoms. The van der Waals surface area contributed by atoms with E-state index >= 15 is 0 Å². The molecule has 1 aromatic rings. The van der Waals surface area contributed by atoms with Gasteiger partial charge >= 0.3 is 5.69 Å². The Bertz CT molecular complexity index is 441. The predicted molar refractivity (Wildman–Crippen MR) is 50.5 cm³/mol. The molecular weight excluding hydrogens is 170 g/mol. The van der Waals surface area contributed by atoms with Gasteiger partial charge in [-0.15, -0.1) is 0 Å². The van der Waals surface area contributed by atoms with Crippen LogP contribution in [0.25, 0.3) is 0 Å². The molecule has 0 unspecified atom stereocenters. The Kier molecular flexibility index (Phi) is 2.36. The summed E-state index contributed by atoms with van der Waals surface area (Å²) < 4.78 is 1.25. The monoisotopic (exact) mass is 181 g/mol. The molecule has 5 heteroatoms. The van der Waals surface area contributed by atoms with Crippen LogP contribution in [0.5, 0.6) is 0 Å². The van der Waals surface area contributed by atoms with E-state index in [0.29, 0.717) is 6.54 Å². The van der Waals surface area contributed by atoms with Crippen molar-refractivity contribution in [1.29, 1.82) is 0 Å². The third-order valence-corrected chi connectivity index (χ3v) is 1.49. The van der Waals surface area contributed by atoms with Gasteiger partial charge < -0.3 is 5.73 Å². The summed E-state index contributed by atoms with van der Waals surface area (Å²) in [5, 5.41) is 0. The summed E-state index contributed by atoms with van der Waals surface area (Å²) in [6.07, 6.45) is 0. The van der Waals surface area contributed by atoms with Crippen LogP contribution in [-0.4, -0.2) is 9.55 Å². The summed E-state index contributed by atoms with van der Waals surface area (Å²) in [6, 6.07) is 1.17. The molecule has 5 nitrogen and oxygen atoms in total. The van der Waals surface area contributed by atoms with Crippen LogP contribution in [0.1, 0.15) is 6.92 Å². The molecule has 0 fully saturated rings. The van der Waals surface area contributed by atoms with Crippen LogP contribution in [0, 0.1) is 0 Å². The zero-order chi connectivity index (χ0) is 10.0. The maximum Gasteiger partial charge on any atom is 0.330 e. The van der Waals surface area contributed by atoms with Crippen molar-refractivity contribution >= 4 is 5.82 Å². The van der Waals surface area contributed by atoms with Gasteiger partial charge in [-0.2, -0.15) is 0 Å². The number of nitrogens with two attached hydrogens (primary N) is 1. The lowest BCUT2D eigenvalue weighted by atomic mass is 10.3. The highest BCUT2D eigenvalue weighted by Crippen LogP contribution is 1.97. The largest absolute Gasteiger partial charge is 0.385 e. The van der Waals surface area contributed by atoms with Crippen molar-refractivity contribution in [3.63, 3.8) is 0 Å². The molecule has 0 aliphatic heterocycles. The van der Waals surface area contributed by atoms with E-state index in [4.69, 9.17) is 5.73 Å². The molecule has 0 radical (unpaired) electrons. The molecule has 0 atom stereocenters. The van der Waals surface area contributed by atoms with Crippen molar-refractivity contribution in [2.24, 2.45) is 0 Å². The van der Waals surface area contributed by atoms with Crippen molar-refractivity contribution in [3.8, 4) is 0 Å². The Balaban J connectivity index is 3.29. The fourth-order valence-electron chi connectivity index (χ4n) is 0.971. The Morgan fingerprint density at radius 2 is 2.31 bits per heavy atom. The van der Waals surface area contributed by atoms with Gasteiger partial charge in [-0.05, 0) is 6.92 Å². The molecule has 1 heterocycles. The van der Waals surface area contributed by atoms with Gasteiger partial charge in [0, 0.05) is 12.6 Å². The SMILES string of the molecule is C=C(C)Cn1c(N)cc(=O)[nH]c1=O. The van der Waals surface area contributed by atoms with Crippen LogP contribution in [0.2, 0.25) is 0 Å². The third-order valence-electron chi connectivity index (χ3n) is 1.49. The Morgan fingerprint density at radius 1 is 1.69 bits per heavy atom. The number of nitrogens with zero attached hydrogens (tertiary/aromatic N) is 1. The normalized spacial score (nSPS) is 9.92. The zero-order valence-electron chi connectivity index (χ0n) is 7.33. The van der Waals surface area contributed by atoms with E-state index in [1.54, 1.807) is 6.92 Å². The molecule has 0 spiro atoms. The van der Waals surface area contributed by atoms with Crippen molar-refractivity contribution in [2.45, 2.75) is 13.5 Å². The third kappa shape index (κ3) is 2.08. The fraction of sp³-hybridized carbons (Fsp3) is 0.250. The van der Waals surface area contributed by atoms with Crippen LogP contribution < -0.4 is 17.0 Å². The van der Waals surface area contributed by atoms with E-state index in [9.17, 15) is 9.59 Å². The number of anilines is 1. The summed E-state index contributed by atoms with van der Waals surface area (Å²) in [4.78, 5) is 24.1. The van der Waals surface area contributed by atoms with Crippen LogP contribution in [0.4, 0.5) is 5.82 Å². The molecule has 1 rings (SSSR count). The average molecular weight is 181 g/mol. The first-order valence-electron chi connectivity index (χ1n) is 3.74. The highest BCUT2D eigenvalue weighted by Gasteiger charge is 2.01. The molecule has 13 heavy (non-hydrogen) atoms. The van der Waals surface area contributed by atoms with Gasteiger partial charge in [0.1, 0.15) is 5.82 Å². The number of aromatic amines is 1. The molecule has 0 saturated carbocycles. The summed E-state index contributed by atoms with van der Waals surface area (Å²) >= 11 is 0. The second-order valence-electron chi connectivity index (χ2n) is 2.91. The van der Waals surface area contributed by atoms with E-state index in [1.807, 2.05) is 0 Å². The quantitative estimate of drug-likeness (QED) is 0.614. The molecule has 3 N–H and O–H groups in total. The summed E-state index contributed by atoms with van der Waals surface area (Å²) in [7, 11) is 0. The first kappa shape index (κ1) is 9.31. The number of rotatable bonds is 2. The van der Waals surface area contributed by atoms with Gasteiger partial charge in [-0.3, -0.25) is 14.3 Å². The van der Waals surface area contributed by atoms with Gasteiger partial charge in [-0.1, -0.05) is 12.2 Å². The molecule has 0 aromatic carbocycles. The highest BCUT2D eigenvalue weighted by molar-refractivity contribution is 5.26. The van der Waals surface area contributed by atoms with Crippen LogP contribution in [-0.2, 0) is 6.54 Å². The number of hydrogen-bond donors (Lipinski definition) is 2. The van der Waals surface area contributed by atoms with Crippen LogP contribution >= 0.6 is 0 Å². The standard InChI is InChI=1S/C8H11N3O2/c1-5(2)4-11-6(9)3-7(12)10-8(11)13/h3H,1,4,9H2,2H3,(H,10,12,13). The van der Waals surface area contributed by atoms with E-state index in [0.717, 1.165) is 5.57 Å². The van der Waals surface area contributed by atoms with Gasteiger partial charge in [0.05, 0.1) is 0 Å². The number of nitrogens with one attached hydrogen (secondary N) is 1. The van der Waals surface area contributed by atoms with Crippen LogP contribution in [0.15, 0.2) is 27.8 Å². The maximum atomic E-state index is 11.2. The predicted octanol–water partition coefficient (Wildman–Crippen LogP) is -0.305. The number of aromatic nitrogens is 2. The van der Waals surface area contributed by atoms with Crippen molar-refractivity contribution in [3.05, 3.63) is 39.1 Å². The Morgan fingerprint density at radius 3 is 2.77 bits per heavy atom. The minimum atomic E-state index is -0.506. The smallest absolute Gasteiger partial charge is 0.330 e. The van der Waals surface area contributed by atoms with Gasteiger partial charge in [-0.25, -0.2) is 4.79 Å². The minimum Gasteiger partial charge on any atom is -0.385 e. The number of H-pyrrole nitrogens is 1. The number of allylic oxidation sites excluding steroid dienone is 1.